The molecule has 1 saturated heterocycles. The summed E-state index contributed by atoms with van der Waals surface area (Å²) < 4.78 is 6.07. The van der Waals surface area contributed by atoms with Gasteiger partial charge >= 0.3 is 0 Å². The van der Waals surface area contributed by atoms with Crippen LogP contribution in [0.25, 0.3) is 0 Å². The maximum atomic E-state index is 11.6. The molecule has 1 amide bonds. The van der Waals surface area contributed by atoms with Crippen molar-refractivity contribution in [3.8, 4) is 0 Å². The van der Waals surface area contributed by atoms with E-state index in [2.05, 4.69) is 21.2 Å². The van der Waals surface area contributed by atoms with Gasteiger partial charge in [0.1, 0.15) is 0 Å². The molecule has 0 aromatic heterocycles. The Morgan fingerprint density at radius 3 is 3.06 bits per heavy atom. The average molecular weight is 284 g/mol. The van der Waals surface area contributed by atoms with Crippen LogP contribution in [0.3, 0.4) is 0 Å². The number of benzene rings is 1. The van der Waals surface area contributed by atoms with Crippen molar-refractivity contribution >= 4 is 21.8 Å². The van der Waals surface area contributed by atoms with Gasteiger partial charge in [0.15, 0.2) is 0 Å². The molecule has 0 saturated carbocycles. The Hall–Kier alpha value is -0.870. The van der Waals surface area contributed by atoms with E-state index >= 15 is 0 Å². The zero-order valence-corrected chi connectivity index (χ0v) is 10.5. The van der Waals surface area contributed by atoms with Gasteiger partial charge in [-0.2, -0.15) is 0 Å². The summed E-state index contributed by atoms with van der Waals surface area (Å²) in [5.41, 5.74) is 1.02. The van der Waals surface area contributed by atoms with Crippen LogP contribution in [0.4, 0.5) is 0 Å². The fraction of sp³-hybridized carbons (Fsp3) is 0.417. The van der Waals surface area contributed by atoms with Crippen molar-refractivity contribution in [2.45, 2.75) is 18.9 Å². The predicted octanol–water partition coefficient (Wildman–Crippen LogP) is 1.90. The molecule has 86 valence electrons. The van der Waals surface area contributed by atoms with E-state index in [9.17, 15) is 4.79 Å². The molecular formula is C12H14BrNO2. The number of halogens is 1. The minimum absolute atomic E-state index is 0.0683. The summed E-state index contributed by atoms with van der Waals surface area (Å²) in [7, 11) is 0. The second-order valence-electron chi connectivity index (χ2n) is 3.90. The largest absolute Gasteiger partial charge is 0.373 e. The van der Waals surface area contributed by atoms with Crippen molar-refractivity contribution in [1.82, 2.24) is 5.32 Å². The van der Waals surface area contributed by atoms with Gasteiger partial charge < -0.3 is 10.1 Å². The van der Waals surface area contributed by atoms with Crippen LogP contribution in [0.2, 0.25) is 0 Å². The minimum Gasteiger partial charge on any atom is -0.373 e. The third-order valence-electron chi connectivity index (χ3n) is 2.44. The summed E-state index contributed by atoms with van der Waals surface area (Å²) in [4.78, 5) is 11.6. The van der Waals surface area contributed by atoms with Gasteiger partial charge in [0.2, 0.25) is 5.91 Å². The Balaban J connectivity index is 1.73. The molecule has 1 heterocycles. The Kier molecular flexibility index (Phi) is 3.96. The van der Waals surface area contributed by atoms with Gasteiger partial charge in [0.25, 0.3) is 0 Å². The van der Waals surface area contributed by atoms with E-state index in [0.29, 0.717) is 19.1 Å². The highest BCUT2D eigenvalue weighted by atomic mass is 79.9. The molecule has 1 atom stereocenters. The van der Waals surface area contributed by atoms with Crippen LogP contribution in [-0.4, -0.2) is 25.2 Å². The molecule has 0 unspecified atom stereocenters. The van der Waals surface area contributed by atoms with Crippen LogP contribution in [0.5, 0.6) is 0 Å². The lowest BCUT2D eigenvalue weighted by molar-refractivity contribution is -0.120. The Labute approximate surface area is 103 Å². The molecule has 0 aliphatic carbocycles. The zero-order chi connectivity index (χ0) is 11.4. The minimum atomic E-state index is 0.0683. The summed E-state index contributed by atoms with van der Waals surface area (Å²) in [6.07, 6.45) is 1.74. The first-order valence-corrected chi connectivity index (χ1v) is 6.16. The van der Waals surface area contributed by atoms with Crippen molar-refractivity contribution in [2.75, 3.05) is 13.2 Å². The van der Waals surface area contributed by atoms with Crippen LogP contribution >= 0.6 is 15.9 Å². The second kappa shape index (κ2) is 5.46. The van der Waals surface area contributed by atoms with Crippen molar-refractivity contribution in [3.05, 3.63) is 34.3 Å². The van der Waals surface area contributed by atoms with E-state index in [-0.39, 0.29) is 5.91 Å². The number of hydrogen-bond donors (Lipinski definition) is 1. The lowest BCUT2D eigenvalue weighted by atomic mass is 10.1. The SMILES string of the molecule is O=C(Cc1cccc(Br)c1)NCC[C@@H]1CO1. The standard InChI is InChI=1S/C12H14BrNO2/c13-10-3-1-2-9(6-10)7-12(15)14-5-4-11-8-16-11/h1-3,6,11H,4-5,7-8H2,(H,14,15)/t11-/m1/s1. The molecule has 1 aliphatic rings. The number of amides is 1. The Morgan fingerprint density at radius 1 is 1.56 bits per heavy atom. The fourth-order valence-corrected chi connectivity index (χ4v) is 1.95. The highest BCUT2D eigenvalue weighted by molar-refractivity contribution is 9.10. The topological polar surface area (TPSA) is 41.6 Å². The molecule has 4 heteroatoms. The zero-order valence-electron chi connectivity index (χ0n) is 8.91. The Morgan fingerprint density at radius 2 is 2.38 bits per heavy atom. The van der Waals surface area contributed by atoms with E-state index in [1.54, 1.807) is 0 Å². The molecular weight excluding hydrogens is 270 g/mol. The third kappa shape index (κ3) is 3.94. The maximum absolute atomic E-state index is 11.6. The van der Waals surface area contributed by atoms with Gasteiger partial charge in [-0.05, 0) is 24.1 Å². The van der Waals surface area contributed by atoms with Crippen molar-refractivity contribution in [1.29, 1.82) is 0 Å². The predicted molar refractivity (Wildman–Crippen MR) is 65.2 cm³/mol. The number of ether oxygens (including phenoxy) is 1. The maximum Gasteiger partial charge on any atom is 0.224 e. The number of carbonyl (C=O) groups is 1. The Bertz CT molecular complexity index is 377. The second-order valence-corrected chi connectivity index (χ2v) is 4.82. The van der Waals surface area contributed by atoms with Crippen molar-refractivity contribution in [2.24, 2.45) is 0 Å². The number of rotatable bonds is 5. The first-order valence-electron chi connectivity index (χ1n) is 5.37. The molecule has 0 radical (unpaired) electrons. The summed E-state index contributed by atoms with van der Waals surface area (Å²) >= 11 is 3.38. The molecule has 0 spiro atoms. The molecule has 1 fully saturated rings. The van der Waals surface area contributed by atoms with Gasteiger partial charge in [-0.1, -0.05) is 28.1 Å². The lowest BCUT2D eigenvalue weighted by Crippen LogP contribution is -2.26. The monoisotopic (exact) mass is 283 g/mol. The van der Waals surface area contributed by atoms with Gasteiger partial charge in [-0.25, -0.2) is 0 Å². The summed E-state index contributed by atoms with van der Waals surface area (Å²) in [5, 5.41) is 2.89. The number of hydrogen-bond acceptors (Lipinski definition) is 2. The molecule has 0 bridgehead atoms. The molecule has 1 aromatic carbocycles. The van der Waals surface area contributed by atoms with Gasteiger partial charge in [-0.15, -0.1) is 0 Å². The summed E-state index contributed by atoms with van der Waals surface area (Å²) in [5.74, 6) is 0.0683. The van der Waals surface area contributed by atoms with Gasteiger partial charge in [0, 0.05) is 11.0 Å². The normalized spacial score (nSPS) is 18.2. The highest BCUT2D eigenvalue weighted by Gasteiger charge is 2.21. The fourth-order valence-electron chi connectivity index (χ4n) is 1.50. The summed E-state index contributed by atoms with van der Waals surface area (Å²) in [6.45, 7) is 1.55. The molecule has 2 rings (SSSR count). The van der Waals surface area contributed by atoms with Gasteiger partial charge in [0.05, 0.1) is 19.1 Å². The van der Waals surface area contributed by atoms with Crippen molar-refractivity contribution in [3.63, 3.8) is 0 Å². The highest BCUT2D eigenvalue weighted by Crippen LogP contribution is 2.13. The van der Waals surface area contributed by atoms with Gasteiger partial charge in [-0.3, -0.25) is 4.79 Å². The lowest BCUT2D eigenvalue weighted by Gasteiger charge is -2.04. The summed E-state index contributed by atoms with van der Waals surface area (Å²) in [6, 6.07) is 7.80. The van der Waals surface area contributed by atoms with E-state index < -0.39 is 0 Å². The molecule has 1 aliphatic heterocycles. The number of nitrogens with one attached hydrogen (secondary N) is 1. The number of epoxide rings is 1. The van der Waals surface area contributed by atoms with E-state index in [1.807, 2.05) is 24.3 Å². The first kappa shape index (κ1) is 11.6. The molecule has 1 aromatic rings. The van der Waals surface area contributed by atoms with Crippen LogP contribution in [-0.2, 0) is 16.0 Å². The van der Waals surface area contributed by atoms with E-state index in [0.717, 1.165) is 23.1 Å². The smallest absolute Gasteiger partial charge is 0.224 e. The first-order chi connectivity index (χ1) is 7.74. The van der Waals surface area contributed by atoms with Crippen LogP contribution in [0, 0.1) is 0 Å². The molecule has 3 nitrogen and oxygen atoms in total. The van der Waals surface area contributed by atoms with E-state index in [1.165, 1.54) is 0 Å². The van der Waals surface area contributed by atoms with Crippen LogP contribution in [0.15, 0.2) is 28.7 Å². The third-order valence-corrected chi connectivity index (χ3v) is 2.94. The average Bonchev–Trinajstić information content (AvgIpc) is 3.01. The number of carbonyl (C=O) groups excluding carboxylic acids is 1. The molecule has 16 heavy (non-hydrogen) atoms. The van der Waals surface area contributed by atoms with Crippen molar-refractivity contribution < 1.29 is 9.53 Å². The van der Waals surface area contributed by atoms with Crippen LogP contribution in [0.1, 0.15) is 12.0 Å². The van der Waals surface area contributed by atoms with Crippen LogP contribution < -0.4 is 5.32 Å². The molecule has 1 N–H and O–H groups in total. The van der Waals surface area contributed by atoms with E-state index in [4.69, 9.17) is 4.74 Å². The quantitative estimate of drug-likeness (QED) is 0.839.